The molecule has 1 aromatic heterocycles. The van der Waals surface area contributed by atoms with E-state index in [-0.39, 0.29) is 10.8 Å². The number of benzene rings is 2. The molecule has 2 heterocycles. The molecule has 1 fully saturated rings. The van der Waals surface area contributed by atoms with Gasteiger partial charge < -0.3 is 4.90 Å². The first-order valence-electron chi connectivity index (χ1n) is 11.2. The first kappa shape index (κ1) is 23.2. The molecule has 1 aliphatic heterocycles. The molecule has 4 rings (SSSR count). The van der Waals surface area contributed by atoms with Gasteiger partial charge in [0.2, 0.25) is 10.0 Å². The van der Waals surface area contributed by atoms with Crippen molar-refractivity contribution in [1.82, 2.24) is 19.0 Å². The molecule has 0 N–H and O–H groups in total. The van der Waals surface area contributed by atoms with E-state index in [9.17, 15) is 13.2 Å². The first-order chi connectivity index (χ1) is 15.7. The van der Waals surface area contributed by atoms with E-state index < -0.39 is 10.0 Å². The predicted molar refractivity (Wildman–Crippen MR) is 128 cm³/mol. The number of aryl methyl sites for hydroxylation is 2. The van der Waals surface area contributed by atoms with Crippen LogP contribution in [0.25, 0.3) is 5.69 Å². The monoisotopic (exact) mass is 466 g/mol. The van der Waals surface area contributed by atoms with Gasteiger partial charge in [0.15, 0.2) is 0 Å². The van der Waals surface area contributed by atoms with Crippen LogP contribution in [0, 0.1) is 20.8 Å². The minimum absolute atomic E-state index is 0.170. The molecule has 1 aliphatic rings. The lowest BCUT2D eigenvalue weighted by Gasteiger charge is -2.19. The van der Waals surface area contributed by atoms with Crippen LogP contribution in [0.1, 0.15) is 45.7 Å². The molecule has 0 unspecified atom stereocenters. The first-order valence-corrected chi connectivity index (χ1v) is 12.6. The normalized spacial score (nSPS) is 14.5. The highest BCUT2D eigenvalue weighted by Crippen LogP contribution is 2.24. The maximum atomic E-state index is 13.2. The number of hydrogen-bond donors (Lipinski definition) is 0. The van der Waals surface area contributed by atoms with Crippen LogP contribution in [0.5, 0.6) is 0 Å². The summed E-state index contributed by atoms with van der Waals surface area (Å²) in [5.74, 6) is -0.226. The van der Waals surface area contributed by atoms with Crippen LogP contribution in [0.15, 0.2) is 53.4 Å². The topological polar surface area (TPSA) is 75.5 Å². The van der Waals surface area contributed by atoms with Crippen molar-refractivity contribution in [2.45, 2.75) is 45.1 Å². The summed E-state index contributed by atoms with van der Waals surface area (Å²) >= 11 is 0. The van der Waals surface area contributed by atoms with Crippen molar-refractivity contribution in [2.24, 2.45) is 0 Å². The highest BCUT2D eigenvalue weighted by Gasteiger charge is 2.28. The van der Waals surface area contributed by atoms with Crippen LogP contribution in [0.3, 0.4) is 0 Å². The number of hydrogen-bond acceptors (Lipinski definition) is 4. The van der Waals surface area contributed by atoms with E-state index in [0.29, 0.717) is 25.2 Å². The van der Waals surface area contributed by atoms with Crippen LogP contribution in [0.2, 0.25) is 0 Å². The van der Waals surface area contributed by atoms with Gasteiger partial charge in [-0.1, -0.05) is 24.3 Å². The molecule has 33 heavy (non-hydrogen) atoms. The molecule has 0 radical (unpaired) electrons. The zero-order valence-electron chi connectivity index (χ0n) is 19.6. The van der Waals surface area contributed by atoms with Crippen molar-refractivity contribution in [3.63, 3.8) is 0 Å². The van der Waals surface area contributed by atoms with Gasteiger partial charge in [-0.25, -0.2) is 13.1 Å². The Balaban J connectivity index is 1.57. The molecule has 174 valence electrons. The fraction of sp³-hybridized carbons (Fsp3) is 0.360. The van der Waals surface area contributed by atoms with Gasteiger partial charge in [-0.3, -0.25) is 4.79 Å². The van der Waals surface area contributed by atoms with E-state index in [1.807, 2.05) is 49.7 Å². The molecular formula is C25H30N4O3S. The van der Waals surface area contributed by atoms with Gasteiger partial charge in [-0.15, -0.1) is 0 Å². The number of carbonyl (C=O) groups is 1. The predicted octanol–water partition coefficient (Wildman–Crippen LogP) is 3.85. The van der Waals surface area contributed by atoms with Gasteiger partial charge in [-0.2, -0.15) is 9.40 Å². The number of aromatic nitrogens is 2. The Labute approximate surface area is 195 Å². The highest BCUT2D eigenvalue weighted by atomic mass is 32.2. The van der Waals surface area contributed by atoms with Gasteiger partial charge in [-0.05, 0) is 63.4 Å². The minimum Gasteiger partial charge on any atom is -0.337 e. The number of para-hydroxylation sites is 1. The lowest BCUT2D eigenvalue weighted by Crippen LogP contribution is -2.29. The second-order valence-corrected chi connectivity index (χ2v) is 10.6. The zero-order chi connectivity index (χ0) is 23.8. The Kier molecular flexibility index (Phi) is 6.41. The maximum absolute atomic E-state index is 13.2. The molecule has 2 aromatic carbocycles. The standard InChI is InChI=1S/C25H30N4O3S/c1-18-10-5-6-13-24(18)29-20(3)23(19(2)26-29)17-27(4)25(30)21-11-9-12-22(16-21)33(31,32)28-14-7-8-15-28/h5-6,9-13,16H,7-8,14-15,17H2,1-4H3. The third-order valence-electron chi connectivity index (χ3n) is 6.31. The van der Waals surface area contributed by atoms with Crippen molar-refractivity contribution >= 4 is 15.9 Å². The average Bonchev–Trinajstić information content (AvgIpc) is 3.44. The minimum atomic E-state index is -3.57. The lowest BCUT2D eigenvalue weighted by molar-refractivity contribution is 0.0784. The summed E-state index contributed by atoms with van der Waals surface area (Å²) in [7, 11) is -1.84. The third kappa shape index (κ3) is 4.45. The second-order valence-electron chi connectivity index (χ2n) is 8.65. The molecule has 8 heteroatoms. The van der Waals surface area contributed by atoms with E-state index in [1.165, 1.54) is 10.4 Å². The summed E-state index contributed by atoms with van der Waals surface area (Å²) in [5, 5.41) is 4.71. The van der Waals surface area contributed by atoms with Gasteiger partial charge in [0.1, 0.15) is 0 Å². The highest BCUT2D eigenvalue weighted by molar-refractivity contribution is 7.89. The fourth-order valence-corrected chi connectivity index (χ4v) is 5.90. The molecule has 3 aromatic rings. The molecule has 0 spiro atoms. The SMILES string of the molecule is Cc1ccccc1-n1nc(C)c(CN(C)C(=O)c2cccc(S(=O)(=O)N3CCCC3)c2)c1C. The molecule has 0 atom stereocenters. The van der Waals surface area contributed by atoms with Crippen molar-refractivity contribution in [1.29, 1.82) is 0 Å². The lowest BCUT2D eigenvalue weighted by atomic mass is 10.1. The Hall–Kier alpha value is -2.97. The van der Waals surface area contributed by atoms with E-state index in [2.05, 4.69) is 0 Å². The average molecular weight is 467 g/mol. The summed E-state index contributed by atoms with van der Waals surface area (Å²) in [6.07, 6.45) is 1.74. The molecular weight excluding hydrogens is 436 g/mol. The summed E-state index contributed by atoms with van der Waals surface area (Å²) in [6.45, 7) is 7.44. The maximum Gasteiger partial charge on any atom is 0.253 e. The Bertz CT molecular complexity index is 1290. The molecule has 0 aliphatic carbocycles. The van der Waals surface area contributed by atoms with Crippen LogP contribution >= 0.6 is 0 Å². The Morgan fingerprint density at radius 1 is 1.03 bits per heavy atom. The van der Waals surface area contributed by atoms with E-state index >= 15 is 0 Å². The summed E-state index contributed by atoms with van der Waals surface area (Å²) < 4.78 is 29.2. The Morgan fingerprint density at radius 2 is 1.73 bits per heavy atom. The number of rotatable bonds is 6. The van der Waals surface area contributed by atoms with Crippen LogP contribution in [-0.2, 0) is 16.6 Å². The van der Waals surface area contributed by atoms with Gasteiger partial charge in [0.25, 0.3) is 5.91 Å². The molecule has 1 amide bonds. The van der Waals surface area contributed by atoms with Crippen LogP contribution in [0.4, 0.5) is 0 Å². The molecule has 0 bridgehead atoms. The van der Waals surface area contributed by atoms with Gasteiger partial charge in [0, 0.05) is 43.5 Å². The summed E-state index contributed by atoms with van der Waals surface area (Å²) in [6, 6.07) is 14.4. The van der Waals surface area contributed by atoms with E-state index in [4.69, 9.17) is 5.10 Å². The van der Waals surface area contributed by atoms with Gasteiger partial charge >= 0.3 is 0 Å². The van der Waals surface area contributed by atoms with Crippen molar-refractivity contribution in [3.8, 4) is 5.69 Å². The van der Waals surface area contributed by atoms with E-state index in [0.717, 1.165) is 41.0 Å². The zero-order valence-corrected chi connectivity index (χ0v) is 20.4. The number of nitrogens with zero attached hydrogens (tertiary/aromatic N) is 4. The van der Waals surface area contributed by atoms with Crippen LogP contribution < -0.4 is 0 Å². The largest absolute Gasteiger partial charge is 0.337 e. The number of amides is 1. The molecule has 7 nitrogen and oxygen atoms in total. The molecule has 0 saturated carbocycles. The quantitative estimate of drug-likeness (QED) is 0.553. The molecule has 1 saturated heterocycles. The second kappa shape index (κ2) is 9.11. The van der Waals surface area contributed by atoms with Gasteiger partial charge in [0.05, 0.1) is 16.3 Å². The van der Waals surface area contributed by atoms with Crippen molar-refractivity contribution < 1.29 is 13.2 Å². The number of sulfonamides is 1. The third-order valence-corrected chi connectivity index (χ3v) is 8.21. The summed E-state index contributed by atoms with van der Waals surface area (Å²) in [4.78, 5) is 15.0. The smallest absolute Gasteiger partial charge is 0.253 e. The Morgan fingerprint density at radius 3 is 2.42 bits per heavy atom. The number of carbonyl (C=O) groups excluding carboxylic acids is 1. The summed E-state index contributed by atoms with van der Waals surface area (Å²) in [5.41, 5.74) is 5.31. The van der Waals surface area contributed by atoms with Crippen molar-refractivity contribution in [2.75, 3.05) is 20.1 Å². The fourth-order valence-electron chi connectivity index (χ4n) is 4.34. The van der Waals surface area contributed by atoms with Crippen molar-refractivity contribution in [3.05, 3.63) is 76.6 Å². The van der Waals surface area contributed by atoms with Crippen LogP contribution in [-0.4, -0.2) is 53.4 Å². The van der Waals surface area contributed by atoms with E-state index in [1.54, 1.807) is 30.1 Å².